The number of hydrogen-bond donors (Lipinski definition) is 0. The molecule has 1 saturated carbocycles. The lowest BCUT2D eigenvalue weighted by atomic mass is 9.67. The average Bonchev–Trinajstić information content (AvgIpc) is 2.41. The normalized spacial score (nSPS) is 46.6. The van der Waals surface area contributed by atoms with E-state index in [0.717, 1.165) is 25.7 Å². The molecule has 3 unspecified atom stereocenters. The predicted molar refractivity (Wildman–Crippen MR) is 88.1 cm³/mol. The van der Waals surface area contributed by atoms with E-state index in [4.69, 9.17) is 0 Å². The minimum absolute atomic E-state index is 0.197. The maximum absolute atomic E-state index is 14.4. The van der Waals surface area contributed by atoms with Crippen LogP contribution in [0.3, 0.4) is 0 Å². The fourth-order valence-corrected chi connectivity index (χ4v) is 5.81. The van der Waals surface area contributed by atoms with Gasteiger partial charge in [0.2, 0.25) is 0 Å². The second kappa shape index (κ2) is 5.08. The molecule has 3 heteroatoms. The van der Waals surface area contributed by atoms with E-state index in [9.17, 15) is 4.39 Å². The van der Waals surface area contributed by atoms with Gasteiger partial charge in [-0.2, -0.15) is 0 Å². The summed E-state index contributed by atoms with van der Waals surface area (Å²) in [5.41, 5.74) is 4.40. The van der Waals surface area contributed by atoms with Gasteiger partial charge in [0, 0.05) is 9.65 Å². The second-order valence-corrected chi connectivity index (χ2v) is 8.92. The van der Waals surface area contributed by atoms with Crippen molar-refractivity contribution in [2.24, 2.45) is 17.8 Å². The van der Waals surface area contributed by atoms with E-state index >= 15 is 0 Å². The lowest BCUT2D eigenvalue weighted by Crippen LogP contribution is -2.28. The van der Waals surface area contributed by atoms with Crippen molar-refractivity contribution in [3.8, 4) is 0 Å². The first kappa shape index (κ1) is 13.8. The van der Waals surface area contributed by atoms with Gasteiger partial charge in [-0.05, 0) is 61.0 Å². The molecule has 20 heavy (non-hydrogen) atoms. The first-order valence-corrected chi connectivity index (χ1v) is 9.50. The highest BCUT2D eigenvalue weighted by Gasteiger charge is 2.39. The molecular weight excluding hydrogens is 383 g/mol. The Labute approximate surface area is 136 Å². The number of hydrogen-bond acceptors (Lipinski definition) is 0. The Balaban J connectivity index is 1.68. The molecule has 0 aromatic rings. The molecular formula is C17H19Br2F. The summed E-state index contributed by atoms with van der Waals surface area (Å²) in [7, 11) is 0. The molecule has 0 nitrogen and oxygen atoms in total. The highest BCUT2D eigenvalue weighted by Crippen LogP contribution is 2.51. The zero-order valence-electron chi connectivity index (χ0n) is 11.4. The summed E-state index contributed by atoms with van der Waals surface area (Å²) in [4.78, 5) is 0.848. The van der Waals surface area contributed by atoms with Crippen molar-refractivity contribution >= 4 is 31.9 Å². The Morgan fingerprint density at radius 3 is 2.75 bits per heavy atom. The Hall–Kier alpha value is 0.110. The molecule has 5 rings (SSSR count). The van der Waals surface area contributed by atoms with Crippen LogP contribution in [0.1, 0.15) is 32.1 Å². The minimum atomic E-state index is -0.733. The first-order chi connectivity index (χ1) is 9.61. The fourth-order valence-electron chi connectivity index (χ4n) is 4.25. The molecule has 0 aromatic carbocycles. The molecule has 1 fully saturated rings. The minimum Gasteiger partial charge on any atom is -0.243 e. The molecule has 5 aliphatic rings. The Morgan fingerprint density at radius 1 is 1.05 bits per heavy atom. The maximum Gasteiger partial charge on any atom is 0.121 e. The Morgan fingerprint density at radius 2 is 1.90 bits per heavy atom. The van der Waals surface area contributed by atoms with Gasteiger partial charge >= 0.3 is 0 Å². The smallest absolute Gasteiger partial charge is 0.121 e. The summed E-state index contributed by atoms with van der Waals surface area (Å²) >= 11 is 7.60. The van der Waals surface area contributed by atoms with Crippen LogP contribution in [0.4, 0.5) is 4.39 Å². The third-order valence-electron chi connectivity index (χ3n) is 5.53. The highest BCUT2D eigenvalue weighted by atomic mass is 79.9. The summed E-state index contributed by atoms with van der Waals surface area (Å²) in [6, 6.07) is 0. The fraction of sp³-hybridized carbons (Fsp3) is 0.647. The predicted octanol–water partition coefficient (Wildman–Crippen LogP) is 5.48. The summed E-state index contributed by atoms with van der Waals surface area (Å²) in [6.07, 6.45) is 11.4. The lowest BCUT2D eigenvalue weighted by Gasteiger charge is -2.40. The van der Waals surface area contributed by atoms with Gasteiger partial charge in [-0.25, -0.2) is 4.39 Å². The zero-order valence-corrected chi connectivity index (χ0v) is 14.5. The van der Waals surface area contributed by atoms with Gasteiger partial charge in [0.05, 0.1) is 0 Å². The van der Waals surface area contributed by atoms with Gasteiger partial charge in [0.1, 0.15) is 6.17 Å². The number of halogens is 3. The van der Waals surface area contributed by atoms with E-state index in [0.29, 0.717) is 21.5 Å². The van der Waals surface area contributed by atoms with E-state index in [-0.39, 0.29) is 5.92 Å². The van der Waals surface area contributed by atoms with Gasteiger partial charge in [-0.1, -0.05) is 55.7 Å². The van der Waals surface area contributed by atoms with Gasteiger partial charge in [0.15, 0.2) is 0 Å². The van der Waals surface area contributed by atoms with Crippen molar-refractivity contribution < 1.29 is 4.39 Å². The molecule has 4 bridgehead atoms. The van der Waals surface area contributed by atoms with Crippen molar-refractivity contribution in [2.45, 2.75) is 47.9 Å². The van der Waals surface area contributed by atoms with Crippen LogP contribution >= 0.6 is 31.9 Å². The summed E-state index contributed by atoms with van der Waals surface area (Å²) in [6.45, 7) is 0. The van der Waals surface area contributed by atoms with Gasteiger partial charge < -0.3 is 0 Å². The van der Waals surface area contributed by atoms with Gasteiger partial charge in [-0.3, -0.25) is 0 Å². The van der Waals surface area contributed by atoms with Crippen LogP contribution in [0.15, 0.2) is 34.9 Å². The molecule has 0 aromatic heterocycles. The molecule has 0 amide bonds. The Kier molecular flexibility index (Phi) is 3.50. The maximum atomic E-state index is 14.4. The Bertz CT molecular complexity index is 519. The highest BCUT2D eigenvalue weighted by molar-refractivity contribution is 9.09. The molecule has 5 aliphatic carbocycles. The quantitative estimate of drug-likeness (QED) is 0.372. The van der Waals surface area contributed by atoms with Crippen molar-refractivity contribution in [3.05, 3.63) is 34.9 Å². The van der Waals surface area contributed by atoms with E-state index in [1.165, 1.54) is 17.6 Å². The largest absolute Gasteiger partial charge is 0.243 e. The third kappa shape index (κ3) is 2.20. The summed E-state index contributed by atoms with van der Waals surface area (Å²) < 4.78 is 14.4. The lowest BCUT2D eigenvalue weighted by molar-refractivity contribution is 0.234. The standard InChI is InChI=1S/C17H19Br2F/c18-15-7-12-3-11-4-13-8-17(20)10(6-16(13)19)2-1-9(15)5-14(11)12/h5,7-11,15-17H,1-4,6H2/t9?,10?,11-,15-,16-,17?/m1/s1. The van der Waals surface area contributed by atoms with Crippen molar-refractivity contribution in [3.63, 3.8) is 0 Å². The van der Waals surface area contributed by atoms with Crippen molar-refractivity contribution in [2.75, 3.05) is 0 Å². The van der Waals surface area contributed by atoms with Crippen molar-refractivity contribution in [1.82, 2.24) is 0 Å². The number of fused-ring (bicyclic) bond motifs is 3. The molecule has 6 atom stereocenters. The molecule has 108 valence electrons. The average molecular weight is 402 g/mol. The van der Waals surface area contributed by atoms with Gasteiger partial charge in [-0.15, -0.1) is 0 Å². The number of rotatable bonds is 0. The first-order valence-electron chi connectivity index (χ1n) is 7.67. The molecule has 0 N–H and O–H groups in total. The monoisotopic (exact) mass is 400 g/mol. The van der Waals surface area contributed by atoms with Crippen LogP contribution in [0.25, 0.3) is 0 Å². The molecule has 0 spiro atoms. The van der Waals surface area contributed by atoms with E-state index in [1.54, 1.807) is 5.57 Å². The van der Waals surface area contributed by atoms with Crippen LogP contribution in [0.2, 0.25) is 0 Å². The van der Waals surface area contributed by atoms with Crippen LogP contribution in [-0.2, 0) is 0 Å². The van der Waals surface area contributed by atoms with Crippen LogP contribution in [0, 0.1) is 17.8 Å². The van der Waals surface area contributed by atoms with Gasteiger partial charge in [0.25, 0.3) is 0 Å². The third-order valence-corrected chi connectivity index (χ3v) is 7.43. The summed E-state index contributed by atoms with van der Waals surface area (Å²) in [5, 5.41) is 0. The zero-order chi connectivity index (χ0) is 13.9. The molecule has 0 aliphatic heterocycles. The van der Waals surface area contributed by atoms with E-state index in [1.807, 2.05) is 6.08 Å². The molecule has 0 radical (unpaired) electrons. The SMILES string of the molecule is FC1C=C2C[C@H]3CC4=C[C@@H](Br)C(C=C43)CCC1C[C@H]2Br. The van der Waals surface area contributed by atoms with Crippen molar-refractivity contribution in [1.29, 1.82) is 0 Å². The molecule has 0 saturated heterocycles. The topological polar surface area (TPSA) is 0 Å². The number of allylic oxidation sites excluding steroid dienone is 6. The van der Waals surface area contributed by atoms with Crippen LogP contribution in [-0.4, -0.2) is 15.8 Å². The van der Waals surface area contributed by atoms with E-state index in [2.05, 4.69) is 44.0 Å². The van der Waals surface area contributed by atoms with E-state index < -0.39 is 6.17 Å². The second-order valence-electron chi connectivity index (χ2n) is 6.75. The van der Waals surface area contributed by atoms with Crippen LogP contribution < -0.4 is 0 Å². The summed E-state index contributed by atoms with van der Waals surface area (Å²) in [5.74, 6) is 1.39. The number of alkyl halides is 3. The van der Waals surface area contributed by atoms with Crippen LogP contribution in [0.5, 0.6) is 0 Å². The molecule has 0 heterocycles.